The van der Waals surface area contributed by atoms with E-state index in [0.717, 1.165) is 6.42 Å². The second kappa shape index (κ2) is 4.81. The minimum Gasteiger partial charge on any atom is -0.324 e. The molecule has 1 heterocycles. The Bertz CT molecular complexity index is 439. The maximum absolute atomic E-state index is 6.18. The van der Waals surface area contributed by atoms with E-state index < -0.39 is 0 Å². The molecule has 0 radical (unpaired) electrons. The van der Waals surface area contributed by atoms with Gasteiger partial charge in [-0.15, -0.1) is 0 Å². The standard InChI is InChI=1S/C14H17NS/c1-10-5-11(2)7-12(6-10)8-14(15)13-3-4-16-9-13/h3-7,9,14H,8,15H2,1-2H3. The second-order valence-electron chi connectivity index (χ2n) is 4.36. The first kappa shape index (κ1) is 11.4. The summed E-state index contributed by atoms with van der Waals surface area (Å²) in [7, 11) is 0. The molecule has 0 spiro atoms. The topological polar surface area (TPSA) is 26.0 Å². The predicted molar refractivity (Wildman–Crippen MR) is 70.9 cm³/mol. The summed E-state index contributed by atoms with van der Waals surface area (Å²) in [5.74, 6) is 0. The van der Waals surface area contributed by atoms with Crippen molar-refractivity contribution >= 4 is 11.3 Å². The van der Waals surface area contributed by atoms with Crippen molar-refractivity contribution in [2.45, 2.75) is 26.3 Å². The Balaban J connectivity index is 2.15. The zero-order valence-corrected chi connectivity index (χ0v) is 10.6. The van der Waals surface area contributed by atoms with Gasteiger partial charge in [-0.2, -0.15) is 11.3 Å². The highest BCUT2D eigenvalue weighted by molar-refractivity contribution is 7.07. The molecule has 2 heteroatoms. The van der Waals surface area contributed by atoms with Crippen LogP contribution in [-0.2, 0) is 6.42 Å². The number of nitrogens with two attached hydrogens (primary N) is 1. The summed E-state index contributed by atoms with van der Waals surface area (Å²) in [4.78, 5) is 0. The van der Waals surface area contributed by atoms with Crippen LogP contribution in [0.4, 0.5) is 0 Å². The van der Waals surface area contributed by atoms with E-state index in [2.05, 4.69) is 48.9 Å². The smallest absolute Gasteiger partial charge is 0.0344 e. The number of hydrogen-bond donors (Lipinski definition) is 1. The summed E-state index contributed by atoms with van der Waals surface area (Å²) in [5.41, 5.74) is 11.4. The number of rotatable bonds is 3. The fourth-order valence-electron chi connectivity index (χ4n) is 2.04. The number of benzene rings is 1. The van der Waals surface area contributed by atoms with E-state index in [4.69, 9.17) is 5.73 Å². The zero-order valence-electron chi connectivity index (χ0n) is 9.73. The van der Waals surface area contributed by atoms with Crippen molar-refractivity contribution in [3.63, 3.8) is 0 Å². The minimum absolute atomic E-state index is 0.118. The lowest BCUT2D eigenvalue weighted by molar-refractivity contribution is 0.724. The van der Waals surface area contributed by atoms with Gasteiger partial charge in [-0.1, -0.05) is 29.3 Å². The van der Waals surface area contributed by atoms with Gasteiger partial charge in [0, 0.05) is 6.04 Å². The highest BCUT2D eigenvalue weighted by Gasteiger charge is 2.07. The average Bonchev–Trinajstić information content (AvgIpc) is 2.68. The van der Waals surface area contributed by atoms with E-state index in [1.165, 1.54) is 22.3 Å². The Hall–Kier alpha value is -1.12. The molecule has 1 atom stereocenters. The summed E-state index contributed by atoms with van der Waals surface area (Å²) < 4.78 is 0. The minimum atomic E-state index is 0.118. The van der Waals surface area contributed by atoms with Crippen LogP contribution < -0.4 is 5.73 Å². The number of hydrogen-bond acceptors (Lipinski definition) is 2. The molecule has 2 rings (SSSR count). The molecule has 84 valence electrons. The first-order chi connectivity index (χ1) is 7.65. The SMILES string of the molecule is Cc1cc(C)cc(CC(N)c2ccsc2)c1. The van der Waals surface area contributed by atoms with Crippen LogP contribution in [0.2, 0.25) is 0 Å². The van der Waals surface area contributed by atoms with Gasteiger partial charge < -0.3 is 5.73 Å². The molecule has 0 saturated heterocycles. The summed E-state index contributed by atoms with van der Waals surface area (Å²) in [5, 5.41) is 4.21. The predicted octanol–water partition coefficient (Wildman–Crippen LogP) is 3.61. The van der Waals surface area contributed by atoms with Crippen molar-refractivity contribution in [3.05, 3.63) is 57.3 Å². The van der Waals surface area contributed by atoms with E-state index in [0.29, 0.717) is 0 Å². The van der Waals surface area contributed by atoms with Crippen LogP contribution in [-0.4, -0.2) is 0 Å². The molecule has 1 aromatic carbocycles. The first-order valence-electron chi connectivity index (χ1n) is 5.50. The van der Waals surface area contributed by atoms with E-state index >= 15 is 0 Å². The Morgan fingerprint density at radius 3 is 2.44 bits per heavy atom. The van der Waals surface area contributed by atoms with Crippen LogP contribution in [0, 0.1) is 13.8 Å². The lowest BCUT2D eigenvalue weighted by Crippen LogP contribution is -2.12. The van der Waals surface area contributed by atoms with Gasteiger partial charge >= 0.3 is 0 Å². The molecule has 0 aliphatic rings. The lowest BCUT2D eigenvalue weighted by atomic mass is 9.99. The third-order valence-corrected chi connectivity index (χ3v) is 3.41. The fourth-order valence-corrected chi connectivity index (χ4v) is 2.77. The van der Waals surface area contributed by atoms with E-state index in [-0.39, 0.29) is 6.04 Å². The van der Waals surface area contributed by atoms with Gasteiger partial charge in [0.1, 0.15) is 0 Å². The molecule has 2 aromatic rings. The van der Waals surface area contributed by atoms with Gasteiger partial charge in [0.2, 0.25) is 0 Å². The Labute approximate surface area is 101 Å². The molecule has 0 amide bonds. The Kier molecular flexibility index (Phi) is 3.42. The lowest BCUT2D eigenvalue weighted by Gasteiger charge is -2.11. The molecule has 1 aromatic heterocycles. The van der Waals surface area contributed by atoms with Crippen LogP contribution in [0.15, 0.2) is 35.0 Å². The Morgan fingerprint density at radius 2 is 1.88 bits per heavy atom. The number of aryl methyl sites for hydroxylation is 2. The van der Waals surface area contributed by atoms with Crippen molar-refractivity contribution < 1.29 is 0 Å². The van der Waals surface area contributed by atoms with Crippen LogP contribution in [0.25, 0.3) is 0 Å². The zero-order chi connectivity index (χ0) is 11.5. The van der Waals surface area contributed by atoms with Gasteiger partial charge in [0.25, 0.3) is 0 Å². The van der Waals surface area contributed by atoms with Crippen molar-refractivity contribution in [2.24, 2.45) is 5.73 Å². The van der Waals surface area contributed by atoms with Gasteiger partial charge in [-0.3, -0.25) is 0 Å². The summed E-state index contributed by atoms with van der Waals surface area (Å²) in [6, 6.07) is 8.86. The van der Waals surface area contributed by atoms with Crippen molar-refractivity contribution in [3.8, 4) is 0 Å². The van der Waals surface area contributed by atoms with Crippen LogP contribution >= 0.6 is 11.3 Å². The monoisotopic (exact) mass is 231 g/mol. The maximum atomic E-state index is 6.18. The maximum Gasteiger partial charge on any atom is 0.0344 e. The number of thiophene rings is 1. The van der Waals surface area contributed by atoms with Crippen LogP contribution in [0.5, 0.6) is 0 Å². The summed E-state index contributed by atoms with van der Waals surface area (Å²) >= 11 is 1.70. The molecular weight excluding hydrogens is 214 g/mol. The molecule has 0 bridgehead atoms. The molecule has 0 fully saturated rings. The largest absolute Gasteiger partial charge is 0.324 e. The van der Waals surface area contributed by atoms with Crippen molar-refractivity contribution in [2.75, 3.05) is 0 Å². The third-order valence-electron chi connectivity index (χ3n) is 2.71. The summed E-state index contributed by atoms with van der Waals surface area (Å²) in [6.45, 7) is 4.26. The molecule has 0 saturated carbocycles. The average molecular weight is 231 g/mol. The van der Waals surface area contributed by atoms with Gasteiger partial charge in [0.15, 0.2) is 0 Å². The van der Waals surface area contributed by atoms with Gasteiger partial charge in [0.05, 0.1) is 0 Å². The third kappa shape index (κ3) is 2.71. The molecular formula is C14H17NS. The van der Waals surface area contributed by atoms with Gasteiger partial charge in [-0.05, 0) is 48.2 Å². The van der Waals surface area contributed by atoms with E-state index in [1.807, 2.05) is 0 Å². The second-order valence-corrected chi connectivity index (χ2v) is 5.14. The van der Waals surface area contributed by atoms with E-state index in [1.54, 1.807) is 11.3 Å². The normalized spacial score (nSPS) is 12.7. The highest BCUT2D eigenvalue weighted by atomic mass is 32.1. The molecule has 0 aliphatic heterocycles. The molecule has 2 N–H and O–H groups in total. The molecule has 1 unspecified atom stereocenters. The molecule has 1 nitrogen and oxygen atoms in total. The summed E-state index contributed by atoms with van der Waals surface area (Å²) in [6.07, 6.45) is 0.916. The quantitative estimate of drug-likeness (QED) is 0.858. The van der Waals surface area contributed by atoms with E-state index in [9.17, 15) is 0 Å². The Morgan fingerprint density at radius 1 is 1.19 bits per heavy atom. The first-order valence-corrected chi connectivity index (χ1v) is 6.44. The van der Waals surface area contributed by atoms with Crippen molar-refractivity contribution in [1.29, 1.82) is 0 Å². The molecule has 0 aliphatic carbocycles. The fraction of sp³-hybridized carbons (Fsp3) is 0.286. The van der Waals surface area contributed by atoms with Crippen molar-refractivity contribution in [1.82, 2.24) is 0 Å². The molecule has 16 heavy (non-hydrogen) atoms. The van der Waals surface area contributed by atoms with Crippen LogP contribution in [0.1, 0.15) is 28.3 Å². The van der Waals surface area contributed by atoms with Gasteiger partial charge in [-0.25, -0.2) is 0 Å². The highest BCUT2D eigenvalue weighted by Crippen LogP contribution is 2.19. The van der Waals surface area contributed by atoms with Crippen LogP contribution in [0.3, 0.4) is 0 Å².